The van der Waals surface area contributed by atoms with Gasteiger partial charge in [-0.05, 0) is 48.4 Å². The molecular weight excluding hydrogens is 331 g/mol. The standard InChI is InChI=1S/C16H13Cl3O2/c1-2-10-7-12(4-6-13(10)17)21-9-16(20)11-3-5-14(18)15(19)8-11/h3-8H,2,9H2,1H3. The molecule has 0 aliphatic rings. The van der Waals surface area contributed by atoms with Gasteiger partial charge in [-0.25, -0.2) is 0 Å². The van der Waals surface area contributed by atoms with Crippen LogP contribution in [-0.2, 0) is 6.42 Å². The molecule has 2 aromatic rings. The number of carbonyl (C=O) groups is 1. The van der Waals surface area contributed by atoms with Gasteiger partial charge in [-0.1, -0.05) is 41.7 Å². The number of halogens is 3. The van der Waals surface area contributed by atoms with Gasteiger partial charge in [-0.2, -0.15) is 0 Å². The van der Waals surface area contributed by atoms with E-state index >= 15 is 0 Å². The van der Waals surface area contributed by atoms with Gasteiger partial charge in [0.15, 0.2) is 12.4 Å². The normalized spacial score (nSPS) is 10.5. The summed E-state index contributed by atoms with van der Waals surface area (Å²) in [4.78, 5) is 12.1. The Balaban J connectivity index is 2.05. The Bertz CT molecular complexity index is 669. The molecule has 21 heavy (non-hydrogen) atoms. The summed E-state index contributed by atoms with van der Waals surface area (Å²) in [5, 5.41) is 1.46. The van der Waals surface area contributed by atoms with Crippen LogP contribution in [0.15, 0.2) is 36.4 Å². The van der Waals surface area contributed by atoms with Crippen LogP contribution in [0.4, 0.5) is 0 Å². The third-order valence-electron chi connectivity index (χ3n) is 3.01. The van der Waals surface area contributed by atoms with Crippen LogP contribution in [0.1, 0.15) is 22.8 Å². The molecule has 0 aromatic heterocycles. The molecule has 110 valence electrons. The van der Waals surface area contributed by atoms with E-state index in [-0.39, 0.29) is 12.4 Å². The fourth-order valence-electron chi connectivity index (χ4n) is 1.81. The van der Waals surface area contributed by atoms with Crippen LogP contribution in [0, 0.1) is 0 Å². The van der Waals surface area contributed by atoms with Crippen molar-refractivity contribution < 1.29 is 9.53 Å². The molecule has 0 spiro atoms. The smallest absolute Gasteiger partial charge is 0.200 e. The first-order chi connectivity index (χ1) is 10.0. The number of Topliss-reactive ketones (excluding diaryl/α,β-unsaturated/α-hetero) is 1. The van der Waals surface area contributed by atoms with Crippen LogP contribution in [-0.4, -0.2) is 12.4 Å². The molecule has 0 N–H and O–H groups in total. The Morgan fingerprint density at radius 3 is 2.38 bits per heavy atom. The molecule has 2 nitrogen and oxygen atoms in total. The van der Waals surface area contributed by atoms with Gasteiger partial charge in [0.1, 0.15) is 5.75 Å². The molecule has 0 aliphatic heterocycles. The van der Waals surface area contributed by atoms with Gasteiger partial charge in [0.25, 0.3) is 0 Å². The molecule has 0 heterocycles. The van der Waals surface area contributed by atoms with E-state index < -0.39 is 0 Å². The number of ketones is 1. The number of aryl methyl sites for hydroxylation is 1. The minimum absolute atomic E-state index is 0.0667. The molecule has 2 aromatic carbocycles. The first-order valence-electron chi connectivity index (χ1n) is 6.40. The molecule has 0 saturated carbocycles. The average Bonchev–Trinajstić information content (AvgIpc) is 2.48. The number of benzene rings is 2. The highest BCUT2D eigenvalue weighted by Crippen LogP contribution is 2.24. The van der Waals surface area contributed by atoms with Gasteiger partial charge in [0, 0.05) is 10.6 Å². The van der Waals surface area contributed by atoms with Gasteiger partial charge in [-0.3, -0.25) is 4.79 Å². The Labute approximate surface area is 138 Å². The quantitative estimate of drug-likeness (QED) is 0.673. The molecular formula is C16H13Cl3O2. The van der Waals surface area contributed by atoms with E-state index in [0.717, 1.165) is 12.0 Å². The number of rotatable bonds is 5. The molecule has 0 unspecified atom stereocenters. The minimum Gasteiger partial charge on any atom is -0.485 e. The van der Waals surface area contributed by atoms with Crippen molar-refractivity contribution in [2.75, 3.05) is 6.61 Å². The molecule has 5 heteroatoms. The van der Waals surface area contributed by atoms with E-state index in [1.807, 2.05) is 13.0 Å². The van der Waals surface area contributed by atoms with Crippen LogP contribution in [0.3, 0.4) is 0 Å². The van der Waals surface area contributed by atoms with Crippen LogP contribution < -0.4 is 4.74 Å². The van der Waals surface area contributed by atoms with Gasteiger partial charge in [0.2, 0.25) is 0 Å². The van der Waals surface area contributed by atoms with Crippen molar-refractivity contribution in [3.63, 3.8) is 0 Å². The van der Waals surface area contributed by atoms with Gasteiger partial charge >= 0.3 is 0 Å². The van der Waals surface area contributed by atoms with Crippen molar-refractivity contribution in [3.8, 4) is 5.75 Å². The third kappa shape index (κ3) is 4.13. The summed E-state index contributed by atoms with van der Waals surface area (Å²) in [7, 11) is 0. The van der Waals surface area contributed by atoms with Crippen molar-refractivity contribution in [2.24, 2.45) is 0 Å². The zero-order valence-electron chi connectivity index (χ0n) is 11.3. The lowest BCUT2D eigenvalue weighted by molar-refractivity contribution is 0.0921. The van der Waals surface area contributed by atoms with Crippen molar-refractivity contribution in [1.82, 2.24) is 0 Å². The lowest BCUT2D eigenvalue weighted by atomic mass is 10.1. The molecule has 0 atom stereocenters. The molecule has 2 rings (SSSR count). The fourth-order valence-corrected chi connectivity index (χ4v) is 2.36. The van der Waals surface area contributed by atoms with Crippen molar-refractivity contribution in [2.45, 2.75) is 13.3 Å². The summed E-state index contributed by atoms with van der Waals surface area (Å²) in [6.07, 6.45) is 0.802. The second-order valence-corrected chi connectivity index (χ2v) is 5.67. The maximum atomic E-state index is 12.1. The summed E-state index contributed by atoms with van der Waals surface area (Å²) < 4.78 is 5.51. The molecule has 0 bridgehead atoms. The van der Waals surface area contributed by atoms with Gasteiger partial charge < -0.3 is 4.74 Å². The second-order valence-electron chi connectivity index (χ2n) is 4.45. The number of carbonyl (C=O) groups excluding carboxylic acids is 1. The summed E-state index contributed by atoms with van der Waals surface area (Å²) in [5.74, 6) is 0.450. The molecule has 0 aliphatic carbocycles. The third-order valence-corrected chi connectivity index (χ3v) is 4.12. The van der Waals surface area contributed by atoms with Crippen molar-refractivity contribution in [3.05, 3.63) is 62.6 Å². The lowest BCUT2D eigenvalue weighted by Gasteiger charge is -2.08. The van der Waals surface area contributed by atoms with Gasteiger partial charge in [0.05, 0.1) is 10.0 Å². The Morgan fingerprint density at radius 2 is 1.71 bits per heavy atom. The molecule has 0 amide bonds. The summed E-state index contributed by atoms with van der Waals surface area (Å²) in [6, 6.07) is 10.1. The molecule has 0 saturated heterocycles. The maximum Gasteiger partial charge on any atom is 0.200 e. The van der Waals surface area contributed by atoms with Crippen LogP contribution in [0.2, 0.25) is 15.1 Å². The zero-order chi connectivity index (χ0) is 15.4. The highest BCUT2D eigenvalue weighted by Gasteiger charge is 2.10. The van der Waals surface area contributed by atoms with E-state index in [4.69, 9.17) is 39.5 Å². The summed E-state index contributed by atoms with van der Waals surface area (Å²) >= 11 is 17.7. The van der Waals surface area contributed by atoms with Crippen LogP contribution in [0.25, 0.3) is 0 Å². The summed E-state index contributed by atoms with van der Waals surface area (Å²) in [5.41, 5.74) is 1.45. The maximum absolute atomic E-state index is 12.1. The number of hydrogen-bond donors (Lipinski definition) is 0. The minimum atomic E-state index is -0.165. The largest absolute Gasteiger partial charge is 0.485 e. The first-order valence-corrected chi connectivity index (χ1v) is 7.54. The Morgan fingerprint density at radius 1 is 1.00 bits per heavy atom. The van der Waals surface area contributed by atoms with E-state index in [2.05, 4.69) is 0 Å². The highest BCUT2D eigenvalue weighted by atomic mass is 35.5. The highest BCUT2D eigenvalue weighted by molar-refractivity contribution is 6.42. The predicted molar refractivity (Wildman–Crippen MR) is 87.1 cm³/mol. The first kappa shape index (κ1) is 16.2. The Kier molecular flexibility index (Phi) is 5.51. The van der Waals surface area contributed by atoms with Crippen molar-refractivity contribution >= 4 is 40.6 Å². The second kappa shape index (κ2) is 7.17. The van der Waals surface area contributed by atoms with E-state index in [0.29, 0.717) is 26.4 Å². The van der Waals surface area contributed by atoms with Crippen molar-refractivity contribution in [1.29, 1.82) is 0 Å². The van der Waals surface area contributed by atoms with E-state index in [1.165, 1.54) is 6.07 Å². The Hall–Kier alpha value is -1.22. The SMILES string of the molecule is CCc1cc(OCC(=O)c2ccc(Cl)c(Cl)c2)ccc1Cl. The summed E-state index contributed by atoms with van der Waals surface area (Å²) in [6.45, 7) is 1.94. The zero-order valence-corrected chi connectivity index (χ0v) is 13.6. The number of ether oxygens (including phenoxy) is 1. The predicted octanol–water partition coefficient (Wildman–Crippen LogP) is 5.47. The fraction of sp³-hybridized carbons (Fsp3) is 0.188. The van der Waals surface area contributed by atoms with Gasteiger partial charge in [-0.15, -0.1) is 0 Å². The molecule has 0 fully saturated rings. The molecule has 0 radical (unpaired) electrons. The monoisotopic (exact) mass is 342 g/mol. The number of hydrogen-bond acceptors (Lipinski definition) is 2. The van der Waals surface area contributed by atoms with E-state index in [9.17, 15) is 4.79 Å². The van der Waals surface area contributed by atoms with Crippen LogP contribution >= 0.6 is 34.8 Å². The topological polar surface area (TPSA) is 26.3 Å². The van der Waals surface area contributed by atoms with E-state index in [1.54, 1.807) is 24.3 Å². The lowest BCUT2D eigenvalue weighted by Crippen LogP contribution is -2.11. The average molecular weight is 344 g/mol. The van der Waals surface area contributed by atoms with Crippen LogP contribution in [0.5, 0.6) is 5.75 Å².